The van der Waals surface area contributed by atoms with Gasteiger partial charge in [-0.15, -0.1) is 0 Å². The third kappa shape index (κ3) is 3.98. The molecule has 0 fully saturated rings. The van der Waals surface area contributed by atoms with Gasteiger partial charge in [-0.25, -0.2) is 0 Å². The number of aliphatic hydroxyl groups excluding tert-OH is 2. The van der Waals surface area contributed by atoms with Crippen molar-refractivity contribution >= 4 is 0 Å². The van der Waals surface area contributed by atoms with Crippen molar-refractivity contribution in [3.8, 4) is 0 Å². The summed E-state index contributed by atoms with van der Waals surface area (Å²) in [6.45, 7) is -0.488. The van der Waals surface area contributed by atoms with E-state index in [-0.39, 0.29) is 6.42 Å². The molecule has 0 aromatic carbocycles. The van der Waals surface area contributed by atoms with E-state index in [1.807, 2.05) is 0 Å². The normalized spacial score (nSPS) is 16.1. The Balaban J connectivity index is 4.67. The van der Waals surface area contributed by atoms with Gasteiger partial charge in [-0.3, -0.25) is 0 Å². The highest BCUT2D eigenvalue weighted by Crippen LogP contribution is 2.48. The van der Waals surface area contributed by atoms with Crippen LogP contribution in [0.2, 0.25) is 0 Å². The van der Waals surface area contributed by atoms with E-state index in [1.54, 1.807) is 0 Å². The maximum absolute atomic E-state index is 12.7. The Labute approximate surface area is 92.0 Å². The van der Waals surface area contributed by atoms with Crippen molar-refractivity contribution in [1.82, 2.24) is 0 Å². The van der Waals surface area contributed by atoms with Crippen LogP contribution in [-0.4, -0.2) is 40.9 Å². The summed E-state index contributed by atoms with van der Waals surface area (Å²) in [4.78, 5) is 0. The molecule has 2 nitrogen and oxygen atoms in total. The molecule has 0 aromatic heterocycles. The minimum absolute atomic E-state index is 0.172. The van der Waals surface area contributed by atoms with Crippen LogP contribution in [0.25, 0.3) is 0 Å². The monoisotopic (exact) mass is 272 g/mol. The highest BCUT2D eigenvalue weighted by atomic mass is 19.4. The molecule has 0 rings (SSSR count). The van der Waals surface area contributed by atoms with Gasteiger partial charge in [-0.05, 0) is 12.8 Å². The Morgan fingerprint density at radius 1 is 0.941 bits per heavy atom. The lowest BCUT2D eigenvalue weighted by molar-refractivity contribution is -0.358. The van der Waals surface area contributed by atoms with Gasteiger partial charge in [0.05, 0.1) is 6.10 Å². The van der Waals surface area contributed by atoms with E-state index in [2.05, 4.69) is 0 Å². The van der Waals surface area contributed by atoms with Gasteiger partial charge in [0.25, 0.3) is 0 Å². The topological polar surface area (TPSA) is 40.5 Å². The Bertz CT molecular complexity index is 239. The molecule has 0 heterocycles. The molecule has 0 radical (unpaired) electrons. The minimum Gasteiger partial charge on any atom is -0.396 e. The van der Waals surface area contributed by atoms with E-state index in [9.17, 15) is 30.7 Å². The maximum Gasteiger partial charge on any atom is 0.459 e. The number of alkyl halides is 7. The molecule has 17 heavy (non-hydrogen) atoms. The lowest BCUT2D eigenvalue weighted by Gasteiger charge is -2.29. The SMILES string of the molecule is OCCCC(O)CC(F)(F)C(F)(F)C(F)(F)F. The molecule has 0 bridgehead atoms. The largest absolute Gasteiger partial charge is 0.459 e. The summed E-state index contributed by atoms with van der Waals surface area (Å²) in [5, 5.41) is 17.1. The lowest BCUT2D eigenvalue weighted by atomic mass is 10.0. The van der Waals surface area contributed by atoms with E-state index >= 15 is 0 Å². The standard InChI is InChI=1S/C8H11F7O2/c9-6(10,4-5(17)2-1-3-16)7(11,12)8(13,14)15/h5,16-17H,1-4H2. The summed E-state index contributed by atoms with van der Waals surface area (Å²) in [6, 6.07) is 0. The van der Waals surface area contributed by atoms with Crippen LogP contribution < -0.4 is 0 Å². The van der Waals surface area contributed by atoms with Crippen molar-refractivity contribution < 1.29 is 40.9 Å². The highest BCUT2D eigenvalue weighted by Gasteiger charge is 2.72. The van der Waals surface area contributed by atoms with Crippen LogP contribution in [0.4, 0.5) is 30.7 Å². The van der Waals surface area contributed by atoms with E-state index < -0.39 is 43.6 Å². The van der Waals surface area contributed by atoms with Crippen LogP contribution >= 0.6 is 0 Å². The smallest absolute Gasteiger partial charge is 0.396 e. The summed E-state index contributed by atoms with van der Waals surface area (Å²) in [7, 11) is 0. The van der Waals surface area contributed by atoms with E-state index in [1.165, 1.54) is 0 Å². The zero-order valence-electron chi connectivity index (χ0n) is 8.45. The fourth-order valence-electron chi connectivity index (χ4n) is 1.06. The second-order valence-corrected chi connectivity index (χ2v) is 3.50. The summed E-state index contributed by atoms with van der Waals surface area (Å²) in [5.41, 5.74) is 0. The van der Waals surface area contributed by atoms with E-state index in [0.717, 1.165) is 0 Å². The van der Waals surface area contributed by atoms with Crippen molar-refractivity contribution in [2.45, 2.75) is 43.4 Å². The van der Waals surface area contributed by atoms with Gasteiger partial charge in [0, 0.05) is 13.0 Å². The molecular formula is C8H11F7O2. The fourth-order valence-corrected chi connectivity index (χ4v) is 1.06. The zero-order chi connectivity index (χ0) is 13.9. The molecule has 0 aromatic rings. The van der Waals surface area contributed by atoms with Crippen molar-refractivity contribution in [3.05, 3.63) is 0 Å². The van der Waals surface area contributed by atoms with Crippen LogP contribution in [0.3, 0.4) is 0 Å². The average Bonchev–Trinajstić information content (AvgIpc) is 2.11. The van der Waals surface area contributed by atoms with Crippen molar-refractivity contribution in [3.63, 3.8) is 0 Å². The molecule has 2 N–H and O–H groups in total. The zero-order valence-corrected chi connectivity index (χ0v) is 8.45. The predicted molar refractivity (Wildman–Crippen MR) is 42.9 cm³/mol. The predicted octanol–water partition coefficient (Wildman–Crippen LogP) is 2.34. The molecule has 1 atom stereocenters. The van der Waals surface area contributed by atoms with Crippen LogP contribution in [0.1, 0.15) is 19.3 Å². The first-order valence-electron chi connectivity index (χ1n) is 4.57. The van der Waals surface area contributed by atoms with Crippen LogP contribution in [0.5, 0.6) is 0 Å². The molecule has 9 heteroatoms. The summed E-state index contributed by atoms with van der Waals surface area (Å²) in [6.07, 6.45) is -11.1. The summed E-state index contributed by atoms with van der Waals surface area (Å²) >= 11 is 0. The van der Waals surface area contributed by atoms with Crippen LogP contribution in [0.15, 0.2) is 0 Å². The highest BCUT2D eigenvalue weighted by molar-refractivity contribution is 4.92. The third-order valence-corrected chi connectivity index (χ3v) is 2.00. The minimum atomic E-state index is -6.38. The van der Waals surface area contributed by atoms with E-state index in [0.29, 0.717) is 0 Å². The van der Waals surface area contributed by atoms with Crippen LogP contribution in [0, 0.1) is 0 Å². The van der Waals surface area contributed by atoms with Gasteiger partial charge in [-0.2, -0.15) is 30.7 Å². The number of aliphatic hydroxyl groups is 2. The molecule has 0 saturated carbocycles. The third-order valence-electron chi connectivity index (χ3n) is 2.00. The van der Waals surface area contributed by atoms with E-state index in [4.69, 9.17) is 10.2 Å². The number of hydrogen-bond acceptors (Lipinski definition) is 2. The molecule has 0 aliphatic carbocycles. The molecule has 0 saturated heterocycles. The molecule has 104 valence electrons. The summed E-state index contributed by atoms with van der Waals surface area (Å²) < 4.78 is 85.1. The van der Waals surface area contributed by atoms with Crippen molar-refractivity contribution in [2.24, 2.45) is 0 Å². The Morgan fingerprint density at radius 2 is 1.41 bits per heavy atom. The van der Waals surface area contributed by atoms with Gasteiger partial charge in [-0.1, -0.05) is 0 Å². The Kier molecular flexibility index (Phi) is 5.20. The van der Waals surface area contributed by atoms with Gasteiger partial charge in [0.15, 0.2) is 0 Å². The van der Waals surface area contributed by atoms with Gasteiger partial charge in [0.1, 0.15) is 0 Å². The van der Waals surface area contributed by atoms with Crippen molar-refractivity contribution in [2.75, 3.05) is 6.61 Å². The van der Waals surface area contributed by atoms with Crippen molar-refractivity contribution in [1.29, 1.82) is 0 Å². The average molecular weight is 272 g/mol. The van der Waals surface area contributed by atoms with Gasteiger partial charge >= 0.3 is 18.0 Å². The quantitative estimate of drug-likeness (QED) is 0.729. The molecule has 0 spiro atoms. The van der Waals surface area contributed by atoms with Gasteiger partial charge in [0.2, 0.25) is 0 Å². The lowest BCUT2D eigenvalue weighted by Crippen LogP contribution is -2.53. The molecular weight excluding hydrogens is 261 g/mol. The molecule has 0 aliphatic rings. The Hall–Kier alpha value is -0.570. The maximum atomic E-state index is 12.7. The van der Waals surface area contributed by atoms with Crippen LogP contribution in [-0.2, 0) is 0 Å². The molecule has 1 unspecified atom stereocenters. The molecule has 0 aliphatic heterocycles. The first kappa shape index (κ1) is 16.4. The number of hydrogen-bond donors (Lipinski definition) is 2. The first-order valence-corrected chi connectivity index (χ1v) is 4.57. The molecule has 0 amide bonds. The fraction of sp³-hybridized carbons (Fsp3) is 1.00. The second kappa shape index (κ2) is 5.38. The van der Waals surface area contributed by atoms with Gasteiger partial charge < -0.3 is 10.2 Å². The number of rotatable bonds is 6. The summed E-state index contributed by atoms with van der Waals surface area (Å²) in [5.74, 6) is -11.6. The second-order valence-electron chi connectivity index (χ2n) is 3.50. The number of halogens is 7. The first-order chi connectivity index (χ1) is 7.45. The Morgan fingerprint density at radius 3 is 1.76 bits per heavy atom.